The molecule has 0 aromatic carbocycles. The predicted octanol–water partition coefficient (Wildman–Crippen LogP) is 1.90. The summed E-state index contributed by atoms with van der Waals surface area (Å²) in [7, 11) is 3.92. The van der Waals surface area contributed by atoms with Crippen LogP contribution in [-0.2, 0) is 21.6 Å². The van der Waals surface area contributed by atoms with Crippen LogP contribution in [-0.4, -0.2) is 54.6 Å². The van der Waals surface area contributed by atoms with Crippen molar-refractivity contribution < 1.29 is 9.53 Å². The number of hydrogen-bond acceptors (Lipinski definition) is 5. The first-order chi connectivity index (χ1) is 11.3. The summed E-state index contributed by atoms with van der Waals surface area (Å²) in [4.78, 5) is 25.9. The molecule has 3 rings (SSSR count). The van der Waals surface area contributed by atoms with E-state index in [1.165, 1.54) is 0 Å². The maximum atomic E-state index is 12.5. The van der Waals surface area contributed by atoms with Crippen molar-refractivity contribution in [3.63, 3.8) is 0 Å². The van der Waals surface area contributed by atoms with Crippen LogP contribution in [0.25, 0.3) is 0 Å². The molecule has 0 N–H and O–H groups in total. The summed E-state index contributed by atoms with van der Waals surface area (Å²) in [6.45, 7) is 8.88. The fourth-order valence-electron chi connectivity index (χ4n) is 3.68. The van der Waals surface area contributed by atoms with Crippen LogP contribution in [0.15, 0.2) is 0 Å². The molecule has 1 saturated heterocycles. The van der Waals surface area contributed by atoms with E-state index in [2.05, 4.69) is 18.8 Å². The molecule has 6 heteroatoms. The van der Waals surface area contributed by atoms with Gasteiger partial charge in [0.1, 0.15) is 0 Å². The monoisotopic (exact) mass is 332 g/mol. The molecule has 132 valence electrons. The number of hydrogen-bond donors (Lipinski definition) is 0. The van der Waals surface area contributed by atoms with E-state index in [0.29, 0.717) is 32.1 Å². The summed E-state index contributed by atoms with van der Waals surface area (Å²) >= 11 is 0. The summed E-state index contributed by atoms with van der Waals surface area (Å²) < 4.78 is 5.89. The molecule has 1 spiro atoms. The lowest BCUT2D eigenvalue weighted by molar-refractivity contribution is -0.131. The van der Waals surface area contributed by atoms with Crippen molar-refractivity contribution in [3.05, 3.63) is 17.0 Å². The van der Waals surface area contributed by atoms with E-state index in [1.54, 1.807) is 0 Å². The number of ether oxygens (including phenoxy) is 1. The van der Waals surface area contributed by atoms with E-state index in [1.807, 2.05) is 30.8 Å². The first kappa shape index (κ1) is 17.1. The number of rotatable bonds is 3. The van der Waals surface area contributed by atoms with Crippen molar-refractivity contribution in [2.45, 2.75) is 45.6 Å². The van der Waals surface area contributed by atoms with Crippen molar-refractivity contribution in [1.82, 2.24) is 14.9 Å². The van der Waals surface area contributed by atoms with Gasteiger partial charge in [-0.2, -0.15) is 0 Å². The lowest BCUT2D eigenvalue weighted by Crippen LogP contribution is -2.42. The number of likely N-dealkylation sites (tertiary alicyclic amines) is 1. The van der Waals surface area contributed by atoms with Gasteiger partial charge in [-0.05, 0) is 19.3 Å². The molecular weight excluding hydrogens is 304 g/mol. The first-order valence-corrected chi connectivity index (χ1v) is 8.73. The largest absolute Gasteiger partial charge is 0.376 e. The van der Waals surface area contributed by atoms with Gasteiger partial charge in [-0.1, -0.05) is 13.8 Å². The molecule has 2 aliphatic heterocycles. The third kappa shape index (κ3) is 2.99. The molecule has 1 aromatic rings. The molecule has 0 saturated carbocycles. The number of anilines is 1. The minimum absolute atomic E-state index is 0.182. The Morgan fingerprint density at radius 3 is 2.79 bits per heavy atom. The van der Waals surface area contributed by atoms with Crippen LogP contribution in [0.1, 0.15) is 43.6 Å². The molecule has 1 aromatic heterocycles. The van der Waals surface area contributed by atoms with E-state index in [-0.39, 0.29) is 11.3 Å². The molecular formula is C18H28N4O2. The zero-order valence-corrected chi connectivity index (χ0v) is 15.4. The Bertz CT molecular complexity index is 644. The van der Waals surface area contributed by atoms with Crippen LogP contribution < -0.4 is 4.90 Å². The Kier molecular flexibility index (Phi) is 4.51. The van der Waals surface area contributed by atoms with Gasteiger partial charge in [0.25, 0.3) is 0 Å². The minimum atomic E-state index is -0.182. The Morgan fingerprint density at radius 2 is 2.12 bits per heavy atom. The second-order valence-corrected chi connectivity index (χ2v) is 7.77. The molecule has 0 radical (unpaired) electrons. The Balaban J connectivity index is 1.93. The maximum Gasteiger partial charge on any atom is 0.225 e. The molecule has 0 bridgehead atoms. The standard InChI is InChI=1S/C18H28N4O2/c1-12(2)8-15(23)22-7-6-18(10-22)11-24-9-14-13(3)19-17(21(4)5)20-16(14)18/h12H,6-11H2,1-5H3. The Labute approximate surface area is 144 Å². The molecule has 1 fully saturated rings. The average Bonchev–Trinajstić information content (AvgIpc) is 2.92. The fourth-order valence-corrected chi connectivity index (χ4v) is 3.68. The van der Waals surface area contributed by atoms with Crippen LogP contribution in [0.5, 0.6) is 0 Å². The van der Waals surface area contributed by atoms with Gasteiger partial charge in [0.05, 0.1) is 24.3 Å². The molecule has 1 atom stereocenters. The molecule has 2 aliphatic rings. The lowest BCUT2D eigenvalue weighted by Gasteiger charge is -2.35. The van der Waals surface area contributed by atoms with Gasteiger partial charge in [-0.15, -0.1) is 0 Å². The van der Waals surface area contributed by atoms with Gasteiger partial charge >= 0.3 is 0 Å². The molecule has 3 heterocycles. The van der Waals surface area contributed by atoms with Gasteiger partial charge in [-0.25, -0.2) is 9.97 Å². The Hall–Kier alpha value is -1.69. The van der Waals surface area contributed by atoms with E-state index in [9.17, 15) is 4.79 Å². The smallest absolute Gasteiger partial charge is 0.225 e. The normalized spacial score (nSPS) is 23.0. The van der Waals surface area contributed by atoms with Gasteiger partial charge < -0.3 is 14.5 Å². The van der Waals surface area contributed by atoms with Gasteiger partial charge in [0, 0.05) is 44.9 Å². The quantitative estimate of drug-likeness (QED) is 0.846. The fraction of sp³-hybridized carbons (Fsp3) is 0.722. The molecule has 1 unspecified atom stereocenters. The summed E-state index contributed by atoms with van der Waals surface area (Å²) in [5, 5.41) is 0. The third-order valence-electron chi connectivity index (χ3n) is 5.02. The van der Waals surface area contributed by atoms with Crippen molar-refractivity contribution in [2.24, 2.45) is 5.92 Å². The highest BCUT2D eigenvalue weighted by atomic mass is 16.5. The number of nitrogens with zero attached hydrogens (tertiary/aromatic N) is 4. The minimum Gasteiger partial charge on any atom is -0.376 e. The zero-order chi connectivity index (χ0) is 17.5. The van der Waals surface area contributed by atoms with Crippen LogP contribution in [0.4, 0.5) is 5.95 Å². The third-order valence-corrected chi connectivity index (χ3v) is 5.02. The maximum absolute atomic E-state index is 12.5. The summed E-state index contributed by atoms with van der Waals surface area (Å²) in [5.74, 6) is 1.36. The topological polar surface area (TPSA) is 58.6 Å². The van der Waals surface area contributed by atoms with E-state index < -0.39 is 0 Å². The van der Waals surface area contributed by atoms with E-state index in [0.717, 1.165) is 35.9 Å². The van der Waals surface area contributed by atoms with Crippen molar-refractivity contribution in [3.8, 4) is 0 Å². The Morgan fingerprint density at radius 1 is 1.38 bits per heavy atom. The zero-order valence-electron chi connectivity index (χ0n) is 15.4. The van der Waals surface area contributed by atoms with Gasteiger partial charge in [0.15, 0.2) is 0 Å². The molecule has 6 nitrogen and oxygen atoms in total. The number of fused-ring (bicyclic) bond motifs is 2. The number of carbonyl (C=O) groups excluding carboxylic acids is 1. The summed E-state index contributed by atoms with van der Waals surface area (Å²) in [6.07, 6.45) is 1.52. The van der Waals surface area contributed by atoms with Gasteiger partial charge in [-0.3, -0.25) is 4.79 Å². The lowest BCUT2D eigenvalue weighted by atomic mass is 9.80. The average molecular weight is 332 g/mol. The number of carbonyl (C=O) groups is 1. The van der Waals surface area contributed by atoms with Crippen LogP contribution in [0.2, 0.25) is 0 Å². The number of aromatic nitrogens is 2. The SMILES string of the molecule is Cc1nc(N(C)C)nc2c1COCC21CCN(C(=O)CC(C)C)C1. The van der Waals surface area contributed by atoms with Crippen LogP contribution >= 0.6 is 0 Å². The first-order valence-electron chi connectivity index (χ1n) is 8.73. The van der Waals surface area contributed by atoms with Crippen molar-refractivity contribution in [2.75, 3.05) is 38.7 Å². The molecule has 1 amide bonds. The second-order valence-electron chi connectivity index (χ2n) is 7.77. The highest BCUT2D eigenvalue weighted by Gasteiger charge is 2.46. The van der Waals surface area contributed by atoms with Crippen molar-refractivity contribution in [1.29, 1.82) is 0 Å². The highest BCUT2D eigenvalue weighted by molar-refractivity contribution is 5.77. The molecule has 24 heavy (non-hydrogen) atoms. The number of aryl methyl sites for hydroxylation is 1. The van der Waals surface area contributed by atoms with E-state index >= 15 is 0 Å². The summed E-state index contributed by atoms with van der Waals surface area (Å²) in [6, 6.07) is 0. The number of amides is 1. The molecule has 0 aliphatic carbocycles. The van der Waals surface area contributed by atoms with E-state index in [4.69, 9.17) is 9.72 Å². The van der Waals surface area contributed by atoms with Crippen molar-refractivity contribution >= 4 is 11.9 Å². The summed E-state index contributed by atoms with van der Waals surface area (Å²) in [5.41, 5.74) is 2.99. The second kappa shape index (κ2) is 6.31. The predicted molar refractivity (Wildman–Crippen MR) is 93.1 cm³/mol. The highest BCUT2D eigenvalue weighted by Crippen LogP contribution is 2.40. The van der Waals surface area contributed by atoms with Crippen LogP contribution in [0.3, 0.4) is 0 Å². The van der Waals surface area contributed by atoms with Gasteiger partial charge in [0.2, 0.25) is 11.9 Å². The van der Waals surface area contributed by atoms with Crippen LogP contribution in [0, 0.1) is 12.8 Å².